The molecule has 1 heterocycles. The Hall–Kier alpha value is -4.40. The highest BCUT2D eigenvalue weighted by Crippen LogP contribution is 2.23. The van der Waals surface area contributed by atoms with E-state index in [0.717, 1.165) is 33.4 Å². The summed E-state index contributed by atoms with van der Waals surface area (Å²) in [4.78, 5) is 4.05. The van der Waals surface area contributed by atoms with Gasteiger partial charge in [-0.25, -0.2) is 0 Å². The van der Waals surface area contributed by atoms with Gasteiger partial charge in [0.1, 0.15) is 0 Å². The van der Waals surface area contributed by atoms with Crippen molar-refractivity contribution in [2.75, 3.05) is 0 Å². The Morgan fingerprint density at radius 2 is 1.27 bits per heavy atom. The molecule has 140 valence electrons. The van der Waals surface area contributed by atoms with Crippen molar-refractivity contribution in [3.8, 4) is 29.0 Å². The van der Waals surface area contributed by atoms with Crippen LogP contribution in [0.4, 0.5) is 0 Å². The van der Waals surface area contributed by atoms with Gasteiger partial charge < -0.3 is 0 Å². The van der Waals surface area contributed by atoms with E-state index in [4.69, 9.17) is 0 Å². The van der Waals surface area contributed by atoms with Crippen LogP contribution >= 0.6 is 0 Å². The number of hydrogen-bond acceptors (Lipinski definition) is 2. The molecule has 4 rings (SSSR count). The number of benzene rings is 3. The predicted molar refractivity (Wildman–Crippen MR) is 122 cm³/mol. The number of nitriles is 1. The highest BCUT2D eigenvalue weighted by molar-refractivity contribution is 5.90. The van der Waals surface area contributed by atoms with E-state index in [1.807, 2.05) is 97.1 Å². The highest BCUT2D eigenvalue weighted by Gasteiger charge is 2.03. The molecular formula is C28H18N2. The lowest BCUT2D eigenvalue weighted by molar-refractivity contribution is 1.33. The van der Waals surface area contributed by atoms with Crippen LogP contribution < -0.4 is 0 Å². The first-order valence-corrected chi connectivity index (χ1v) is 9.61. The molecule has 0 aliphatic heterocycles. The fourth-order valence-electron chi connectivity index (χ4n) is 3.06. The van der Waals surface area contributed by atoms with E-state index >= 15 is 0 Å². The van der Waals surface area contributed by atoms with Crippen molar-refractivity contribution in [1.29, 1.82) is 5.26 Å². The van der Waals surface area contributed by atoms with E-state index in [1.54, 1.807) is 12.4 Å². The lowest BCUT2D eigenvalue weighted by atomic mass is 10.00. The first kappa shape index (κ1) is 18.9. The monoisotopic (exact) mass is 382 g/mol. The molecule has 4 aromatic rings. The zero-order chi connectivity index (χ0) is 20.6. The van der Waals surface area contributed by atoms with Crippen LogP contribution in [0.1, 0.15) is 22.3 Å². The maximum atomic E-state index is 9.64. The van der Waals surface area contributed by atoms with Crippen molar-refractivity contribution < 1.29 is 0 Å². The normalized spacial score (nSPS) is 10.6. The molecule has 3 aromatic carbocycles. The molecule has 0 radical (unpaired) electrons. The van der Waals surface area contributed by atoms with Crippen LogP contribution in [0.3, 0.4) is 0 Å². The molecule has 0 fully saturated rings. The van der Waals surface area contributed by atoms with Crippen molar-refractivity contribution in [3.63, 3.8) is 0 Å². The summed E-state index contributed by atoms with van der Waals surface area (Å²) in [6, 6.07) is 32.1. The fourth-order valence-corrected chi connectivity index (χ4v) is 3.06. The van der Waals surface area contributed by atoms with E-state index in [-0.39, 0.29) is 0 Å². The van der Waals surface area contributed by atoms with E-state index in [0.29, 0.717) is 5.57 Å². The Kier molecular flexibility index (Phi) is 5.81. The maximum Gasteiger partial charge on any atom is 0.0998 e. The third-order valence-electron chi connectivity index (χ3n) is 4.68. The quantitative estimate of drug-likeness (QED) is 0.240. The van der Waals surface area contributed by atoms with Crippen LogP contribution in [0.15, 0.2) is 103 Å². The summed E-state index contributed by atoms with van der Waals surface area (Å²) in [5, 5.41) is 9.64. The summed E-state index contributed by atoms with van der Waals surface area (Å²) in [6.07, 6.45) is 5.45. The Morgan fingerprint density at radius 1 is 0.667 bits per heavy atom. The van der Waals surface area contributed by atoms with Crippen LogP contribution in [0.5, 0.6) is 0 Å². The number of aromatic nitrogens is 1. The number of rotatable bonds is 3. The molecule has 0 spiro atoms. The topological polar surface area (TPSA) is 36.7 Å². The van der Waals surface area contributed by atoms with Gasteiger partial charge in [-0.05, 0) is 64.7 Å². The molecule has 2 heteroatoms. The van der Waals surface area contributed by atoms with Crippen molar-refractivity contribution in [3.05, 3.63) is 126 Å². The Labute approximate surface area is 176 Å². The van der Waals surface area contributed by atoms with Gasteiger partial charge in [-0.1, -0.05) is 66.4 Å². The van der Waals surface area contributed by atoms with Crippen LogP contribution in [0.25, 0.3) is 22.8 Å². The van der Waals surface area contributed by atoms with E-state index < -0.39 is 0 Å². The average Bonchev–Trinajstić information content (AvgIpc) is 2.83. The Morgan fingerprint density at radius 3 is 1.90 bits per heavy atom. The van der Waals surface area contributed by atoms with Gasteiger partial charge in [0, 0.05) is 23.5 Å². The molecule has 0 aliphatic carbocycles. The highest BCUT2D eigenvalue weighted by atomic mass is 14.6. The number of nitrogens with zero attached hydrogens (tertiary/aromatic N) is 2. The van der Waals surface area contributed by atoms with E-state index in [2.05, 4.69) is 22.9 Å². The summed E-state index contributed by atoms with van der Waals surface area (Å²) < 4.78 is 0. The van der Waals surface area contributed by atoms with Gasteiger partial charge in [-0.2, -0.15) is 5.26 Å². The van der Waals surface area contributed by atoms with Crippen molar-refractivity contribution in [2.45, 2.75) is 0 Å². The van der Waals surface area contributed by atoms with Gasteiger partial charge in [0.15, 0.2) is 0 Å². The van der Waals surface area contributed by atoms with Gasteiger partial charge in [0.25, 0.3) is 0 Å². The maximum absolute atomic E-state index is 9.64. The molecule has 30 heavy (non-hydrogen) atoms. The third kappa shape index (κ3) is 4.71. The van der Waals surface area contributed by atoms with Gasteiger partial charge >= 0.3 is 0 Å². The van der Waals surface area contributed by atoms with E-state index in [9.17, 15) is 5.26 Å². The van der Waals surface area contributed by atoms with Crippen LogP contribution in [-0.4, -0.2) is 4.98 Å². The number of pyridine rings is 1. The lowest BCUT2D eigenvalue weighted by Gasteiger charge is -2.04. The minimum absolute atomic E-state index is 0.624. The molecule has 0 amide bonds. The SMILES string of the molecule is N#C/C(=C\c1ccc(C#Cc2ccccc2)cc1)c1ccc(-c2ccncc2)cc1. The zero-order valence-corrected chi connectivity index (χ0v) is 16.3. The molecule has 0 unspecified atom stereocenters. The van der Waals surface area contributed by atoms with Crippen molar-refractivity contribution in [1.82, 2.24) is 4.98 Å². The van der Waals surface area contributed by atoms with Crippen LogP contribution in [0, 0.1) is 23.2 Å². The smallest absolute Gasteiger partial charge is 0.0998 e. The molecule has 0 atom stereocenters. The summed E-state index contributed by atoms with van der Waals surface area (Å²) in [5.74, 6) is 6.32. The summed E-state index contributed by atoms with van der Waals surface area (Å²) in [7, 11) is 0. The summed E-state index contributed by atoms with van der Waals surface area (Å²) in [6.45, 7) is 0. The second kappa shape index (κ2) is 9.20. The largest absolute Gasteiger partial charge is 0.265 e. The molecule has 1 aromatic heterocycles. The molecule has 0 saturated heterocycles. The molecule has 0 aliphatic rings. The fraction of sp³-hybridized carbons (Fsp3) is 0. The second-order valence-corrected chi connectivity index (χ2v) is 6.72. The Bertz CT molecular complexity index is 1250. The molecule has 0 N–H and O–H groups in total. The van der Waals surface area contributed by atoms with Crippen molar-refractivity contribution >= 4 is 11.6 Å². The minimum atomic E-state index is 0.624. The van der Waals surface area contributed by atoms with Gasteiger partial charge in [-0.15, -0.1) is 0 Å². The molecule has 0 bridgehead atoms. The standard InChI is InChI=1S/C28H18N2/c29-21-28(26-14-12-25(13-15-26)27-16-18-30-19-17-27)20-24-10-8-23(9-11-24)7-6-22-4-2-1-3-5-22/h1-5,8-20H/b28-20+. The predicted octanol–water partition coefficient (Wildman–Crippen LogP) is 6.21. The van der Waals surface area contributed by atoms with Gasteiger partial charge in [-0.3, -0.25) is 4.98 Å². The molecule has 0 saturated carbocycles. The van der Waals surface area contributed by atoms with Gasteiger partial charge in [0.2, 0.25) is 0 Å². The number of allylic oxidation sites excluding steroid dienone is 1. The van der Waals surface area contributed by atoms with Gasteiger partial charge in [0.05, 0.1) is 11.6 Å². The molecule has 2 nitrogen and oxygen atoms in total. The average molecular weight is 382 g/mol. The first-order chi connectivity index (χ1) is 14.8. The third-order valence-corrected chi connectivity index (χ3v) is 4.68. The zero-order valence-electron chi connectivity index (χ0n) is 16.3. The summed E-state index contributed by atoms with van der Waals surface area (Å²) in [5.41, 5.74) is 6.61. The Balaban J connectivity index is 1.53. The lowest BCUT2D eigenvalue weighted by Crippen LogP contribution is -1.84. The summed E-state index contributed by atoms with van der Waals surface area (Å²) >= 11 is 0. The van der Waals surface area contributed by atoms with E-state index in [1.165, 1.54) is 0 Å². The minimum Gasteiger partial charge on any atom is -0.265 e. The number of hydrogen-bond donors (Lipinski definition) is 0. The van der Waals surface area contributed by atoms with Crippen LogP contribution in [0.2, 0.25) is 0 Å². The van der Waals surface area contributed by atoms with Crippen molar-refractivity contribution in [2.24, 2.45) is 0 Å². The van der Waals surface area contributed by atoms with Crippen LogP contribution in [-0.2, 0) is 0 Å². The first-order valence-electron chi connectivity index (χ1n) is 9.61. The second-order valence-electron chi connectivity index (χ2n) is 6.72. The molecular weight excluding hydrogens is 364 g/mol.